The Bertz CT molecular complexity index is 1570. The van der Waals surface area contributed by atoms with Crippen molar-refractivity contribution in [2.75, 3.05) is 49.1 Å². The highest BCUT2D eigenvalue weighted by Gasteiger charge is 2.39. The molecular weight excluding hydrogens is 641 g/mol. The van der Waals surface area contributed by atoms with Gasteiger partial charge in [-0.3, -0.25) is 14.6 Å². The smallest absolute Gasteiger partial charge is 0.451 e. The lowest BCUT2D eigenvalue weighted by Gasteiger charge is -2.34. The zero-order chi connectivity index (χ0) is 34.8. The molecule has 2 saturated heterocycles. The monoisotopic (exact) mass is 682 g/mol. The molecule has 2 fully saturated rings. The second kappa shape index (κ2) is 16.4. The van der Waals surface area contributed by atoms with Crippen LogP contribution in [-0.4, -0.2) is 83.3 Å². The van der Waals surface area contributed by atoms with E-state index in [-0.39, 0.29) is 36.4 Å². The van der Waals surface area contributed by atoms with Crippen LogP contribution in [0.1, 0.15) is 49.9 Å². The van der Waals surface area contributed by atoms with Crippen molar-refractivity contribution in [3.63, 3.8) is 0 Å². The molecule has 4 heterocycles. The van der Waals surface area contributed by atoms with Crippen molar-refractivity contribution in [3.8, 4) is 11.1 Å². The molecule has 0 saturated carbocycles. The Morgan fingerprint density at radius 1 is 0.878 bits per heavy atom. The van der Waals surface area contributed by atoms with Gasteiger partial charge in [-0.05, 0) is 67.2 Å². The fourth-order valence-electron chi connectivity index (χ4n) is 6.20. The molecule has 4 N–H and O–H groups in total. The Kier molecular flexibility index (Phi) is 11.9. The Morgan fingerprint density at radius 2 is 1.61 bits per heavy atom. The predicted molar refractivity (Wildman–Crippen MR) is 177 cm³/mol. The molecule has 262 valence electrons. The quantitative estimate of drug-likeness (QED) is 0.207. The molecular formula is C34H41F3N8O4. The number of aliphatic carboxylic acids is 1. The highest BCUT2D eigenvalue weighted by molar-refractivity contribution is 5.85. The zero-order valence-corrected chi connectivity index (χ0v) is 27.1. The number of anilines is 2. The molecule has 0 spiro atoms. The summed E-state index contributed by atoms with van der Waals surface area (Å²) in [5.41, 5.74) is 3.10. The van der Waals surface area contributed by atoms with Gasteiger partial charge in [0.2, 0.25) is 11.7 Å². The normalized spacial score (nSPS) is 16.8. The number of aromatic nitrogens is 3. The minimum Gasteiger partial charge on any atom is -0.481 e. The van der Waals surface area contributed by atoms with E-state index >= 15 is 0 Å². The lowest BCUT2D eigenvalue weighted by atomic mass is 9.93. The van der Waals surface area contributed by atoms with Gasteiger partial charge in [0.1, 0.15) is 17.7 Å². The summed E-state index contributed by atoms with van der Waals surface area (Å²) in [5.74, 6) is -1.97. The average molecular weight is 683 g/mol. The maximum Gasteiger partial charge on any atom is 0.451 e. The van der Waals surface area contributed by atoms with E-state index in [2.05, 4.69) is 30.9 Å². The number of carbonyl (C=O) groups excluding carboxylic acids is 2. The van der Waals surface area contributed by atoms with Gasteiger partial charge in [-0.25, -0.2) is 14.8 Å². The van der Waals surface area contributed by atoms with E-state index in [1.807, 2.05) is 41.3 Å². The topological polar surface area (TPSA) is 153 Å². The van der Waals surface area contributed by atoms with E-state index in [0.717, 1.165) is 16.7 Å². The van der Waals surface area contributed by atoms with Gasteiger partial charge in [0, 0.05) is 57.7 Å². The number of benzene rings is 1. The van der Waals surface area contributed by atoms with Crippen molar-refractivity contribution >= 4 is 29.5 Å². The van der Waals surface area contributed by atoms with Crippen molar-refractivity contribution in [1.82, 2.24) is 30.9 Å². The SMILES string of the molecule is O=C(O)CCNC(=O)NCCC1CCN(c2cc(N3CCC[C@H]3C(=O)NCCc3ccc(-c4cccnc4)cc3)nc(C(F)(F)F)n2)CC1. The number of alkyl halides is 3. The van der Waals surface area contributed by atoms with Crippen LogP contribution in [0.2, 0.25) is 0 Å². The van der Waals surface area contributed by atoms with Gasteiger partial charge in [0.05, 0.1) is 6.42 Å². The molecule has 12 nitrogen and oxygen atoms in total. The number of rotatable bonds is 13. The highest BCUT2D eigenvalue weighted by Crippen LogP contribution is 2.34. The summed E-state index contributed by atoms with van der Waals surface area (Å²) in [6.45, 7) is 2.19. The molecule has 0 bridgehead atoms. The minimum atomic E-state index is -4.76. The number of halogens is 3. The Morgan fingerprint density at radius 3 is 2.31 bits per heavy atom. The Balaban J connectivity index is 1.15. The zero-order valence-electron chi connectivity index (χ0n) is 27.1. The van der Waals surface area contributed by atoms with E-state index in [0.29, 0.717) is 71.2 Å². The van der Waals surface area contributed by atoms with Crippen LogP contribution in [0.5, 0.6) is 0 Å². The molecule has 2 aliphatic rings. The number of carboxylic acid groups (broad SMARTS) is 1. The van der Waals surface area contributed by atoms with Gasteiger partial charge >= 0.3 is 18.2 Å². The van der Waals surface area contributed by atoms with Crippen molar-refractivity contribution in [1.29, 1.82) is 0 Å². The molecule has 1 aromatic carbocycles. The molecule has 49 heavy (non-hydrogen) atoms. The van der Waals surface area contributed by atoms with Gasteiger partial charge in [0.25, 0.3) is 0 Å². The lowest BCUT2D eigenvalue weighted by Crippen LogP contribution is -2.44. The van der Waals surface area contributed by atoms with E-state index in [1.54, 1.807) is 23.4 Å². The Labute approximate surface area is 282 Å². The molecule has 0 radical (unpaired) electrons. The number of carboxylic acids is 1. The number of hydrogen-bond acceptors (Lipinski definition) is 8. The van der Waals surface area contributed by atoms with Gasteiger partial charge in [-0.2, -0.15) is 13.2 Å². The van der Waals surface area contributed by atoms with Crippen molar-refractivity contribution in [2.45, 2.75) is 57.2 Å². The molecule has 1 atom stereocenters. The fourth-order valence-corrected chi connectivity index (χ4v) is 6.20. The van der Waals surface area contributed by atoms with Crippen LogP contribution in [0.3, 0.4) is 0 Å². The van der Waals surface area contributed by atoms with E-state index < -0.39 is 30.0 Å². The first-order valence-electron chi connectivity index (χ1n) is 16.6. The summed E-state index contributed by atoms with van der Waals surface area (Å²) in [4.78, 5) is 51.1. The first kappa shape index (κ1) is 35.4. The van der Waals surface area contributed by atoms with Crippen LogP contribution in [0.15, 0.2) is 54.9 Å². The molecule has 5 rings (SSSR count). The molecule has 0 aliphatic carbocycles. The van der Waals surface area contributed by atoms with Crippen LogP contribution in [0, 0.1) is 5.92 Å². The summed E-state index contributed by atoms with van der Waals surface area (Å²) in [7, 11) is 0. The molecule has 2 aromatic heterocycles. The fraction of sp³-hybridized carbons (Fsp3) is 0.471. The van der Waals surface area contributed by atoms with Crippen LogP contribution in [0.25, 0.3) is 11.1 Å². The van der Waals surface area contributed by atoms with Crippen molar-refractivity contribution in [2.24, 2.45) is 5.92 Å². The highest BCUT2D eigenvalue weighted by atomic mass is 19.4. The summed E-state index contributed by atoms with van der Waals surface area (Å²) < 4.78 is 41.9. The third kappa shape index (κ3) is 10.0. The lowest BCUT2D eigenvalue weighted by molar-refractivity contribution is -0.144. The number of carbonyl (C=O) groups is 3. The molecule has 3 amide bonds. The molecule has 2 aliphatic heterocycles. The van der Waals surface area contributed by atoms with E-state index in [4.69, 9.17) is 5.11 Å². The largest absolute Gasteiger partial charge is 0.481 e. The molecule has 15 heteroatoms. The van der Waals surface area contributed by atoms with Gasteiger partial charge in [0.15, 0.2) is 0 Å². The number of nitrogens with zero attached hydrogens (tertiary/aromatic N) is 5. The summed E-state index contributed by atoms with van der Waals surface area (Å²) >= 11 is 0. The van der Waals surface area contributed by atoms with Crippen LogP contribution in [0.4, 0.5) is 29.6 Å². The van der Waals surface area contributed by atoms with E-state index in [9.17, 15) is 27.6 Å². The minimum absolute atomic E-state index is 0.0343. The number of hydrogen-bond donors (Lipinski definition) is 4. The standard InChI is InChI=1S/C34H41F3N8O4/c35-34(36,37)32-42-28(44-19-12-24(13-20-44)10-16-40-33(49)41-17-11-30(46)47)21-29(43-32)45-18-2-4-27(45)31(48)39-15-9-23-5-7-25(8-6-23)26-3-1-14-38-22-26/h1,3,5-8,14,21-22,24,27H,2,4,9-13,15-20H2,(H,39,48)(H,46,47)(H2,40,41,49)/t27-/m0/s1. The maximum absolute atomic E-state index is 14.0. The number of amides is 3. The summed E-state index contributed by atoms with van der Waals surface area (Å²) in [5, 5.41) is 16.8. The first-order valence-corrected chi connectivity index (χ1v) is 16.6. The van der Waals surface area contributed by atoms with Crippen LogP contribution >= 0.6 is 0 Å². The third-order valence-electron chi connectivity index (χ3n) is 8.87. The number of piperidine rings is 1. The second-order valence-electron chi connectivity index (χ2n) is 12.3. The van der Waals surface area contributed by atoms with Crippen molar-refractivity contribution < 1.29 is 32.7 Å². The summed E-state index contributed by atoms with van der Waals surface area (Å²) in [6, 6.07) is 12.4. The van der Waals surface area contributed by atoms with Crippen LogP contribution < -0.4 is 25.8 Å². The summed E-state index contributed by atoms with van der Waals surface area (Å²) in [6.07, 6.45) is 2.43. The number of urea groups is 1. The average Bonchev–Trinajstić information content (AvgIpc) is 3.59. The molecule has 0 unspecified atom stereocenters. The predicted octanol–water partition coefficient (Wildman–Crippen LogP) is 4.27. The van der Waals surface area contributed by atoms with Crippen LogP contribution in [-0.2, 0) is 22.2 Å². The third-order valence-corrected chi connectivity index (χ3v) is 8.87. The molecule has 3 aromatic rings. The Hall–Kier alpha value is -4.95. The van der Waals surface area contributed by atoms with Gasteiger partial charge in [-0.1, -0.05) is 30.3 Å². The number of nitrogens with one attached hydrogen (secondary N) is 3. The van der Waals surface area contributed by atoms with E-state index in [1.165, 1.54) is 0 Å². The van der Waals surface area contributed by atoms with Crippen molar-refractivity contribution in [3.05, 3.63) is 66.2 Å². The number of pyridine rings is 1. The first-order chi connectivity index (χ1) is 23.6. The van der Waals surface area contributed by atoms with Gasteiger partial charge in [-0.15, -0.1) is 0 Å². The maximum atomic E-state index is 14.0. The second-order valence-corrected chi connectivity index (χ2v) is 12.3. The van der Waals surface area contributed by atoms with Gasteiger partial charge < -0.3 is 30.9 Å².